The van der Waals surface area contributed by atoms with Crippen LogP contribution in [-0.2, 0) is 6.54 Å². The zero-order chi connectivity index (χ0) is 14.7. The van der Waals surface area contributed by atoms with Gasteiger partial charge in [0.1, 0.15) is 0 Å². The largest absolute Gasteiger partial charge is 0.396 e. The summed E-state index contributed by atoms with van der Waals surface area (Å²) in [6.07, 6.45) is 5.43. The zero-order valence-corrected chi connectivity index (χ0v) is 13.0. The predicted octanol–water partition coefficient (Wildman–Crippen LogP) is 1.65. The van der Waals surface area contributed by atoms with Crippen molar-refractivity contribution in [2.75, 3.05) is 26.2 Å². The number of pyridine rings is 1. The van der Waals surface area contributed by atoms with E-state index in [-0.39, 0.29) is 5.41 Å². The molecule has 0 aromatic carbocycles. The molecule has 1 aromatic heterocycles. The summed E-state index contributed by atoms with van der Waals surface area (Å²) in [5, 5.41) is 13.1. The van der Waals surface area contributed by atoms with Crippen molar-refractivity contribution in [2.45, 2.75) is 38.8 Å². The van der Waals surface area contributed by atoms with Crippen LogP contribution in [0.15, 0.2) is 24.4 Å². The molecule has 4 nitrogen and oxygen atoms in total. The van der Waals surface area contributed by atoms with Crippen LogP contribution in [0.1, 0.15) is 31.9 Å². The fourth-order valence-electron chi connectivity index (χ4n) is 3.31. The van der Waals surface area contributed by atoms with Crippen molar-refractivity contribution in [1.29, 1.82) is 0 Å². The van der Waals surface area contributed by atoms with Crippen molar-refractivity contribution in [3.8, 4) is 0 Å². The van der Waals surface area contributed by atoms with Gasteiger partial charge in [-0.05, 0) is 37.3 Å². The Kier molecular flexibility index (Phi) is 4.57. The summed E-state index contributed by atoms with van der Waals surface area (Å²) < 4.78 is 0. The van der Waals surface area contributed by atoms with E-state index in [1.165, 1.54) is 19.3 Å². The van der Waals surface area contributed by atoms with Gasteiger partial charge in [0.15, 0.2) is 0 Å². The third-order valence-corrected chi connectivity index (χ3v) is 5.13. The van der Waals surface area contributed by atoms with Crippen molar-refractivity contribution in [2.24, 2.45) is 11.3 Å². The molecule has 1 saturated heterocycles. The first-order valence-electron chi connectivity index (χ1n) is 8.17. The molecule has 2 unspecified atom stereocenters. The van der Waals surface area contributed by atoms with Crippen LogP contribution in [0.4, 0.5) is 0 Å². The third kappa shape index (κ3) is 3.82. The van der Waals surface area contributed by atoms with Gasteiger partial charge < -0.3 is 10.4 Å². The summed E-state index contributed by atoms with van der Waals surface area (Å²) in [4.78, 5) is 6.92. The van der Waals surface area contributed by atoms with E-state index < -0.39 is 0 Å². The smallest absolute Gasteiger partial charge is 0.0543 e. The molecular formula is C17H27N3O. The number of piperidine rings is 1. The highest BCUT2D eigenvalue weighted by Gasteiger charge is 2.42. The van der Waals surface area contributed by atoms with Gasteiger partial charge in [0.05, 0.1) is 5.69 Å². The van der Waals surface area contributed by atoms with Gasteiger partial charge in [-0.1, -0.05) is 13.0 Å². The molecule has 2 fully saturated rings. The molecule has 21 heavy (non-hydrogen) atoms. The first-order valence-corrected chi connectivity index (χ1v) is 8.17. The highest BCUT2D eigenvalue weighted by atomic mass is 16.3. The molecule has 1 saturated carbocycles. The highest BCUT2D eigenvalue weighted by molar-refractivity contribution is 5.04. The van der Waals surface area contributed by atoms with Crippen LogP contribution in [-0.4, -0.2) is 47.3 Å². The molecule has 116 valence electrons. The van der Waals surface area contributed by atoms with Crippen molar-refractivity contribution in [3.05, 3.63) is 30.1 Å². The Bertz CT molecular complexity index is 447. The van der Waals surface area contributed by atoms with Gasteiger partial charge in [0, 0.05) is 50.4 Å². The molecule has 0 spiro atoms. The lowest BCUT2D eigenvalue weighted by molar-refractivity contribution is 0.129. The Morgan fingerprint density at radius 2 is 2.29 bits per heavy atom. The Morgan fingerprint density at radius 1 is 1.43 bits per heavy atom. The summed E-state index contributed by atoms with van der Waals surface area (Å²) in [6.45, 7) is 6.87. The molecule has 2 N–H and O–H groups in total. The molecular weight excluding hydrogens is 262 g/mol. The van der Waals surface area contributed by atoms with Gasteiger partial charge in [0.25, 0.3) is 0 Å². The number of nitrogens with one attached hydrogen (secondary N) is 1. The molecule has 1 aliphatic heterocycles. The summed E-state index contributed by atoms with van der Waals surface area (Å²) >= 11 is 0. The van der Waals surface area contributed by atoms with E-state index in [2.05, 4.69) is 34.3 Å². The fourth-order valence-corrected chi connectivity index (χ4v) is 3.31. The first-order chi connectivity index (χ1) is 10.2. The van der Waals surface area contributed by atoms with E-state index in [1.807, 2.05) is 12.3 Å². The molecule has 2 aliphatic rings. The van der Waals surface area contributed by atoms with E-state index in [0.29, 0.717) is 18.6 Å². The average Bonchev–Trinajstić information content (AvgIpc) is 3.28. The summed E-state index contributed by atoms with van der Waals surface area (Å²) in [5.41, 5.74) is 1.37. The van der Waals surface area contributed by atoms with Gasteiger partial charge >= 0.3 is 0 Å². The second kappa shape index (κ2) is 6.42. The van der Waals surface area contributed by atoms with Crippen LogP contribution in [0.5, 0.6) is 0 Å². The minimum Gasteiger partial charge on any atom is -0.396 e. The van der Waals surface area contributed by atoms with E-state index in [1.54, 1.807) is 0 Å². The van der Waals surface area contributed by atoms with Crippen molar-refractivity contribution >= 4 is 0 Å². The molecule has 0 amide bonds. The number of aromatic nitrogens is 1. The maximum atomic E-state index is 9.40. The van der Waals surface area contributed by atoms with Crippen molar-refractivity contribution < 1.29 is 5.11 Å². The van der Waals surface area contributed by atoms with Gasteiger partial charge in [-0.15, -0.1) is 0 Å². The number of aliphatic hydroxyl groups is 1. The Morgan fingerprint density at radius 3 is 2.90 bits per heavy atom. The van der Waals surface area contributed by atoms with Gasteiger partial charge in [-0.2, -0.15) is 0 Å². The average molecular weight is 289 g/mol. The van der Waals surface area contributed by atoms with E-state index in [9.17, 15) is 5.11 Å². The second-order valence-corrected chi connectivity index (χ2v) is 6.97. The molecule has 1 aliphatic carbocycles. The Balaban J connectivity index is 1.45. The molecule has 2 atom stereocenters. The molecule has 2 heterocycles. The van der Waals surface area contributed by atoms with E-state index >= 15 is 0 Å². The number of hydrogen-bond donors (Lipinski definition) is 2. The maximum Gasteiger partial charge on any atom is 0.0543 e. The number of nitrogens with zero attached hydrogens (tertiary/aromatic N) is 2. The number of aliphatic hydroxyl groups excluding tert-OH is 1. The Labute approximate surface area is 127 Å². The number of hydrogen-bond acceptors (Lipinski definition) is 4. The topological polar surface area (TPSA) is 48.4 Å². The Hall–Kier alpha value is -0.970. The molecule has 3 rings (SSSR count). The highest BCUT2D eigenvalue weighted by Crippen LogP contribution is 2.44. The summed E-state index contributed by atoms with van der Waals surface area (Å²) in [5.74, 6) is 0.650. The third-order valence-electron chi connectivity index (χ3n) is 5.13. The molecule has 0 radical (unpaired) electrons. The summed E-state index contributed by atoms with van der Waals surface area (Å²) in [7, 11) is 0. The monoisotopic (exact) mass is 289 g/mol. The standard InChI is InChI=1S/C17H27N3O/c1-14-10-20(11-15-4-2-3-8-18-15)9-5-16(14)19-12-17(13-21)6-7-17/h2-4,8,14,16,19,21H,5-7,9-13H2,1H3. The molecule has 4 heteroatoms. The van der Waals surface area contributed by atoms with Crippen molar-refractivity contribution in [1.82, 2.24) is 15.2 Å². The van der Waals surface area contributed by atoms with Crippen molar-refractivity contribution in [3.63, 3.8) is 0 Å². The van der Waals surface area contributed by atoms with Gasteiger partial charge in [-0.25, -0.2) is 0 Å². The van der Waals surface area contributed by atoms with Crippen LogP contribution in [0.3, 0.4) is 0 Å². The lowest BCUT2D eigenvalue weighted by Crippen LogP contribution is -2.49. The minimum absolute atomic E-state index is 0.213. The molecule has 1 aromatic rings. The quantitative estimate of drug-likeness (QED) is 0.836. The van der Waals surface area contributed by atoms with Gasteiger partial charge in [0.2, 0.25) is 0 Å². The van der Waals surface area contributed by atoms with Crippen LogP contribution in [0.25, 0.3) is 0 Å². The minimum atomic E-state index is 0.213. The first kappa shape index (κ1) is 14.9. The van der Waals surface area contributed by atoms with E-state index in [4.69, 9.17) is 0 Å². The normalized spacial score (nSPS) is 28.5. The fraction of sp³-hybridized carbons (Fsp3) is 0.706. The van der Waals surface area contributed by atoms with E-state index in [0.717, 1.165) is 31.9 Å². The second-order valence-electron chi connectivity index (χ2n) is 6.97. The van der Waals surface area contributed by atoms with Gasteiger partial charge in [-0.3, -0.25) is 9.88 Å². The van der Waals surface area contributed by atoms with Crippen LogP contribution >= 0.6 is 0 Å². The SMILES string of the molecule is CC1CN(Cc2ccccn2)CCC1NCC1(CO)CC1. The maximum absolute atomic E-state index is 9.40. The number of likely N-dealkylation sites (tertiary alicyclic amines) is 1. The summed E-state index contributed by atoms with van der Waals surface area (Å²) in [6, 6.07) is 6.72. The molecule has 0 bridgehead atoms. The number of rotatable bonds is 6. The lowest BCUT2D eigenvalue weighted by Gasteiger charge is -2.38. The van der Waals surface area contributed by atoms with Crippen LogP contribution in [0, 0.1) is 11.3 Å². The lowest BCUT2D eigenvalue weighted by atomic mass is 9.93. The zero-order valence-electron chi connectivity index (χ0n) is 13.0. The van der Waals surface area contributed by atoms with Crippen LogP contribution < -0.4 is 5.32 Å². The predicted molar refractivity (Wildman–Crippen MR) is 83.8 cm³/mol. The van der Waals surface area contributed by atoms with Crippen LogP contribution in [0.2, 0.25) is 0 Å².